The molecular formula is C13H16ClNO4S. The molecule has 1 amide bonds. The van der Waals surface area contributed by atoms with Gasteiger partial charge in [-0.25, -0.2) is 4.79 Å². The van der Waals surface area contributed by atoms with E-state index in [0.29, 0.717) is 4.34 Å². The lowest BCUT2D eigenvalue weighted by atomic mass is 9.91. The SMILES string of the molecule is CC(C(=O)N1CCC(O)(C(=O)O)CC1)c1ccc(Cl)s1. The number of amides is 1. The number of carbonyl (C=O) groups is 2. The smallest absolute Gasteiger partial charge is 0.335 e. The van der Waals surface area contributed by atoms with Gasteiger partial charge in [-0.15, -0.1) is 11.3 Å². The number of aliphatic carboxylic acids is 1. The summed E-state index contributed by atoms with van der Waals surface area (Å²) in [5.74, 6) is -1.58. The molecule has 0 radical (unpaired) electrons. The number of likely N-dealkylation sites (tertiary alicyclic amines) is 1. The lowest BCUT2D eigenvalue weighted by Gasteiger charge is -2.36. The van der Waals surface area contributed by atoms with Gasteiger partial charge < -0.3 is 15.1 Å². The zero-order valence-electron chi connectivity index (χ0n) is 11.0. The monoisotopic (exact) mass is 317 g/mol. The van der Waals surface area contributed by atoms with Crippen LogP contribution in [0.3, 0.4) is 0 Å². The molecule has 2 heterocycles. The number of hydrogen-bond donors (Lipinski definition) is 2. The van der Waals surface area contributed by atoms with Crippen molar-refractivity contribution in [1.29, 1.82) is 0 Å². The van der Waals surface area contributed by atoms with Crippen LogP contribution in [-0.2, 0) is 9.59 Å². The molecule has 1 aliphatic rings. The predicted molar refractivity (Wildman–Crippen MR) is 76.1 cm³/mol. The van der Waals surface area contributed by atoms with Gasteiger partial charge >= 0.3 is 5.97 Å². The van der Waals surface area contributed by atoms with Crippen LogP contribution in [0.5, 0.6) is 0 Å². The van der Waals surface area contributed by atoms with Crippen molar-refractivity contribution in [3.05, 3.63) is 21.3 Å². The Balaban J connectivity index is 2.00. The number of halogens is 1. The average Bonchev–Trinajstić information content (AvgIpc) is 2.84. The third-order valence-corrected chi connectivity index (χ3v) is 5.11. The molecule has 1 aromatic rings. The number of rotatable bonds is 3. The van der Waals surface area contributed by atoms with Crippen LogP contribution in [0.15, 0.2) is 12.1 Å². The largest absolute Gasteiger partial charge is 0.479 e. The van der Waals surface area contributed by atoms with Crippen molar-refractivity contribution in [2.75, 3.05) is 13.1 Å². The lowest BCUT2D eigenvalue weighted by molar-refractivity contribution is -0.165. The second-order valence-electron chi connectivity index (χ2n) is 5.03. The molecule has 5 nitrogen and oxygen atoms in total. The highest BCUT2D eigenvalue weighted by Crippen LogP contribution is 2.31. The van der Waals surface area contributed by atoms with Gasteiger partial charge in [0.05, 0.1) is 10.3 Å². The van der Waals surface area contributed by atoms with Crippen molar-refractivity contribution in [3.63, 3.8) is 0 Å². The van der Waals surface area contributed by atoms with Gasteiger partial charge in [-0.3, -0.25) is 4.79 Å². The molecule has 1 saturated heterocycles. The molecule has 0 spiro atoms. The fourth-order valence-corrected chi connectivity index (χ4v) is 3.37. The lowest BCUT2D eigenvalue weighted by Crippen LogP contribution is -2.51. The summed E-state index contributed by atoms with van der Waals surface area (Å²) in [7, 11) is 0. The maximum Gasteiger partial charge on any atom is 0.335 e. The summed E-state index contributed by atoms with van der Waals surface area (Å²) in [4.78, 5) is 25.8. The Labute approximate surface area is 125 Å². The fraction of sp³-hybridized carbons (Fsp3) is 0.538. The van der Waals surface area contributed by atoms with Crippen LogP contribution in [-0.4, -0.2) is 45.7 Å². The number of nitrogens with zero attached hydrogens (tertiary/aromatic N) is 1. The van der Waals surface area contributed by atoms with E-state index < -0.39 is 11.6 Å². The molecule has 1 aromatic heterocycles. The number of thiophene rings is 1. The third kappa shape index (κ3) is 2.97. The number of hydrogen-bond acceptors (Lipinski definition) is 4. The van der Waals surface area contributed by atoms with E-state index in [0.717, 1.165) is 4.88 Å². The topological polar surface area (TPSA) is 77.8 Å². The highest BCUT2D eigenvalue weighted by molar-refractivity contribution is 7.16. The molecule has 7 heteroatoms. The Hall–Kier alpha value is -1.11. The summed E-state index contributed by atoms with van der Waals surface area (Å²) in [5.41, 5.74) is -1.70. The Bertz CT molecular complexity index is 522. The summed E-state index contributed by atoms with van der Waals surface area (Å²) in [5, 5.41) is 18.8. The first kappa shape index (κ1) is 15.3. The van der Waals surface area contributed by atoms with Crippen LogP contribution < -0.4 is 0 Å². The van der Waals surface area contributed by atoms with Crippen molar-refractivity contribution in [2.45, 2.75) is 31.3 Å². The molecule has 0 bridgehead atoms. The molecular weight excluding hydrogens is 302 g/mol. The second kappa shape index (κ2) is 5.71. The van der Waals surface area contributed by atoms with Crippen LogP contribution in [0, 0.1) is 0 Å². The minimum Gasteiger partial charge on any atom is -0.479 e. The summed E-state index contributed by atoms with van der Waals surface area (Å²) in [6.07, 6.45) is 0.123. The normalized spacial score (nSPS) is 19.6. The summed E-state index contributed by atoms with van der Waals surface area (Å²) >= 11 is 7.23. The zero-order valence-corrected chi connectivity index (χ0v) is 12.6. The molecule has 0 saturated carbocycles. The number of carboxylic acids is 1. The van der Waals surface area contributed by atoms with Crippen molar-refractivity contribution in [3.8, 4) is 0 Å². The molecule has 1 unspecified atom stereocenters. The second-order valence-corrected chi connectivity index (χ2v) is 6.77. The Morgan fingerprint density at radius 3 is 2.45 bits per heavy atom. The van der Waals surface area contributed by atoms with Crippen LogP contribution in [0.1, 0.15) is 30.6 Å². The minimum absolute atomic E-state index is 0.0593. The van der Waals surface area contributed by atoms with E-state index in [1.165, 1.54) is 11.3 Å². The van der Waals surface area contributed by atoms with E-state index in [1.54, 1.807) is 11.0 Å². The number of piperidine rings is 1. The highest BCUT2D eigenvalue weighted by atomic mass is 35.5. The Morgan fingerprint density at radius 2 is 2.00 bits per heavy atom. The zero-order chi connectivity index (χ0) is 14.9. The summed E-state index contributed by atoms with van der Waals surface area (Å²) in [6, 6.07) is 3.58. The Morgan fingerprint density at radius 1 is 1.40 bits per heavy atom. The van der Waals surface area contributed by atoms with Gasteiger partial charge in [0.25, 0.3) is 0 Å². The summed E-state index contributed by atoms with van der Waals surface area (Å²) in [6.45, 7) is 2.32. The van der Waals surface area contributed by atoms with E-state index >= 15 is 0 Å². The number of carbonyl (C=O) groups excluding carboxylic acids is 1. The van der Waals surface area contributed by atoms with Crippen LogP contribution in [0.25, 0.3) is 0 Å². The molecule has 110 valence electrons. The first-order valence-electron chi connectivity index (χ1n) is 6.33. The quantitative estimate of drug-likeness (QED) is 0.893. The first-order chi connectivity index (χ1) is 9.33. The van der Waals surface area contributed by atoms with Crippen LogP contribution in [0.4, 0.5) is 0 Å². The van der Waals surface area contributed by atoms with Gasteiger partial charge in [0.1, 0.15) is 0 Å². The molecule has 0 aromatic carbocycles. The summed E-state index contributed by atoms with van der Waals surface area (Å²) < 4.78 is 0.638. The standard InChI is InChI=1S/C13H16ClNO4S/c1-8(9-2-3-10(14)20-9)11(16)15-6-4-13(19,5-7-15)12(17)18/h2-3,8,19H,4-7H2,1H3,(H,17,18). The van der Waals surface area contributed by atoms with Crippen molar-refractivity contribution in [2.24, 2.45) is 0 Å². The van der Waals surface area contributed by atoms with E-state index in [9.17, 15) is 14.7 Å². The maximum absolute atomic E-state index is 12.3. The molecule has 1 aliphatic heterocycles. The maximum atomic E-state index is 12.3. The molecule has 2 N–H and O–H groups in total. The van der Waals surface area contributed by atoms with E-state index in [-0.39, 0.29) is 37.8 Å². The minimum atomic E-state index is -1.70. The molecule has 1 atom stereocenters. The van der Waals surface area contributed by atoms with Gasteiger partial charge in [-0.2, -0.15) is 0 Å². The first-order valence-corrected chi connectivity index (χ1v) is 7.53. The van der Waals surface area contributed by atoms with Crippen LogP contribution >= 0.6 is 22.9 Å². The van der Waals surface area contributed by atoms with Gasteiger partial charge in [0, 0.05) is 30.8 Å². The molecule has 1 fully saturated rings. The van der Waals surface area contributed by atoms with Crippen LogP contribution in [0.2, 0.25) is 4.34 Å². The highest BCUT2D eigenvalue weighted by Gasteiger charge is 2.41. The van der Waals surface area contributed by atoms with Crippen molar-refractivity contribution in [1.82, 2.24) is 4.90 Å². The average molecular weight is 318 g/mol. The number of aliphatic hydroxyl groups is 1. The van der Waals surface area contributed by atoms with Crippen molar-refractivity contribution < 1.29 is 19.8 Å². The fourth-order valence-electron chi connectivity index (χ4n) is 2.27. The van der Waals surface area contributed by atoms with Gasteiger partial charge in [-0.1, -0.05) is 11.6 Å². The third-order valence-electron chi connectivity index (χ3n) is 3.69. The van der Waals surface area contributed by atoms with Gasteiger partial charge in [-0.05, 0) is 19.1 Å². The van der Waals surface area contributed by atoms with Crippen molar-refractivity contribution >= 4 is 34.8 Å². The van der Waals surface area contributed by atoms with E-state index in [1.807, 2.05) is 13.0 Å². The number of carboxylic acid groups (broad SMARTS) is 1. The van der Waals surface area contributed by atoms with E-state index in [2.05, 4.69) is 0 Å². The van der Waals surface area contributed by atoms with E-state index in [4.69, 9.17) is 16.7 Å². The van der Waals surface area contributed by atoms with Gasteiger partial charge in [0.2, 0.25) is 5.91 Å². The van der Waals surface area contributed by atoms with Gasteiger partial charge in [0.15, 0.2) is 5.60 Å². The molecule has 0 aliphatic carbocycles. The predicted octanol–water partition coefficient (Wildman–Crippen LogP) is 1.94. The molecule has 2 rings (SSSR count). The molecule has 20 heavy (non-hydrogen) atoms. The Kier molecular flexibility index (Phi) is 4.36.